The van der Waals surface area contributed by atoms with Gasteiger partial charge in [-0.2, -0.15) is 0 Å². The summed E-state index contributed by atoms with van der Waals surface area (Å²) in [4.78, 5) is 0. The second-order valence-corrected chi connectivity index (χ2v) is 31.9. The third-order valence-electron chi connectivity index (χ3n) is 1.60. The van der Waals surface area contributed by atoms with E-state index in [4.69, 9.17) is 26.8 Å². The monoisotopic (exact) mass is 326 g/mol. The Morgan fingerprint density at radius 3 is 2.00 bits per heavy atom. The molecule has 0 bridgehead atoms. The van der Waals surface area contributed by atoms with Crippen LogP contribution in [0.25, 0.3) is 0 Å². The van der Waals surface area contributed by atoms with Crippen molar-refractivity contribution in [2.24, 2.45) is 0 Å². The molecule has 0 atom stereocenters. The van der Waals surface area contributed by atoms with Crippen LogP contribution in [-0.2, 0) is 0 Å². The van der Waals surface area contributed by atoms with E-state index in [0.717, 1.165) is 0 Å². The molecule has 1 fully saturated rings. The minimum atomic E-state index is -3.05. The van der Waals surface area contributed by atoms with Crippen molar-refractivity contribution in [2.45, 2.75) is 30.9 Å². The molecule has 0 unspecified atom stereocenters. The van der Waals surface area contributed by atoms with E-state index in [9.17, 15) is 0 Å². The molecule has 0 aromatic heterocycles. The van der Waals surface area contributed by atoms with Gasteiger partial charge < -0.3 is 0 Å². The first kappa shape index (κ1) is 10.1. The molecule has 60 valence electrons. The summed E-state index contributed by atoms with van der Waals surface area (Å²) in [6.45, 7) is 0. The zero-order valence-corrected chi connectivity index (χ0v) is 11.4. The summed E-state index contributed by atoms with van der Waals surface area (Å²) in [6.07, 6.45) is 5.17. The van der Waals surface area contributed by atoms with Gasteiger partial charge in [0.2, 0.25) is 0 Å². The predicted octanol–water partition coefficient (Wildman–Crippen LogP) is 3.81. The first-order valence-electron chi connectivity index (χ1n) is 3.32. The Kier molecular flexibility index (Phi) is 4.35. The molecule has 0 N–H and O–H groups in total. The molecule has 0 aliphatic heterocycles. The van der Waals surface area contributed by atoms with Crippen LogP contribution in [0.4, 0.5) is 0 Å². The molecule has 1 aliphatic rings. The molecule has 0 heterocycles. The Hall–Kier alpha value is 2.02. The van der Waals surface area contributed by atoms with Gasteiger partial charge in [0.15, 0.2) is 0 Å². The van der Waals surface area contributed by atoms with Gasteiger partial charge in [0.05, 0.1) is 0 Å². The summed E-state index contributed by atoms with van der Waals surface area (Å²) in [5.41, 5.74) is 0. The summed E-state index contributed by atoms with van der Waals surface area (Å²) in [5, 5.41) is 0.670. The first-order valence-corrected chi connectivity index (χ1v) is 18.5. The van der Waals surface area contributed by atoms with Crippen molar-refractivity contribution in [1.29, 1.82) is 0 Å². The summed E-state index contributed by atoms with van der Waals surface area (Å²) >= 11 is -3.05. The van der Waals surface area contributed by atoms with Gasteiger partial charge in [-0.15, -0.1) is 0 Å². The summed E-state index contributed by atoms with van der Waals surface area (Å²) < 4.78 is 0. The van der Waals surface area contributed by atoms with Crippen LogP contribution >= 0.6 is 35.7 Å². The minimum absolute atomic E-state index is 0.670. The summed E-state index contributed by atoms with van der Waals surface area (Å²) in [7, 11) is 19.1. The molecule has 1 aliphatic carbocycles. The zero-order chi connectivity index (χ0) is 7.61. The van der Waals surface area contributed by atoms with Gasteiger partial charge in [-0.3, -0.25) is 0 Å². The van der Waals surface area contributed by atoms with Gasteiger partial charge in [-0.25, -0.2) is 0 Å². The van der Waals surface area contributed by atoms with E-state index < -0.39 is 13.6 Å². The van der Waals surface area contributed by atoms with E-state index in [1.165, 1.54) is 25.7 Å². The van der Waals surface area contributed by atoms with E-state index in [1.807, 2.05) is 0 Å². The first-order chi connectivity index (χ1) is 4.58. The fraction of sp³-hybridized carbons (Fsp3) is 1.00. The average molecular weight is 326 g/mol. The van der Waals surface area contributed by atoms with Gasteiger partial charge in [-0.05, 0) is 0 Å². The number of halogens is 3. The van der Waals surface area contributed by atoms with Gasteiger partial charge >= 0.3 is 80.3 Å². The molecule has 0 saturated heterocycles. The second kappa shape index (κ2) is 4.31. The third kappa shape index (κ3) is 4.15. The quantitative estimate of drug-likeness (QED) is 0.695. The van der Waals surface area contributed by atoms with Crippen molar-refractivity contribution in [3.63, 3.8) is 0 Å². The topological polar surface area (TPSA) is 0 Å². The molecule has 0 aromatic rings. The van der Waals surface area contributed by atoms with Crippen molar-refractivity contribution in [2.75, 3.05) is 0 Å². The average Bonchev–Trinajstić information content (AvgIpc) is 2.12. The van der Waals surface area contributed by atoms with Gasteiger partial charge in [0.1, 0.15) is 0 Å². The second-order valence-electron chi connectivity index (χ2n) is 2.47. The molecular formula is C5H9Cl3SSn. The van der Waals surface area contributed by atoms with Gasteiger partial charge in [0.25, 0.3) is 0 Å². The molecule has 0 spiro atoms. The van der Waals surface area contributed by atoms with Crippen LogP contribution in [0.5, 0.6) is 0 Å². The Morgan fingerprint density at radius 2 is 1.60 bits per heavy atom. The van der Waals surface area contributed by atoms with E-state index in [0.29, 0.717) is 5.25 Å². The molecule has 1 rings (SSSR count). The molecule has 5 heteroatoms. The molecule has 1 saturated carbocycles. The molecule has 10 heavy (non-hydrogen) atoms. The van der Waals surface area contributed by atoms with Crippen molar-refractivity contribution in [1.82, 2.24) is 0 Å². The Labute approximate surface area is 79.5 Å². The maximum atomic E-state index is 5.82. The Balaban J connectivity index is 2.24. The predicted molar refractivity (Wildman–Crippen MR) is 53.2 cm³/mol. The van der Waals surface area contributed by atoms with Crippen molar-refractivity contribution >= 4 is 49.3 Å². The summed E-state index contributed by atoms with van der Waals surface area (Å²) in [6, 6.07) is 0. The Bertz CT molecular complexity index is 108. The fourth-order valence-corrected chi connectivity index (χ4v) is 15.0. The van der Waals surface area contributed by atoms with Gasteiger partial charge in [0, 0.05) is 0 Å². The number of hydrogen-bond acceptors (Lipinski definition) is 1. The van der Waals surface area contributed by atoms with Crippen LogP contribution in [0.3, 0.4) is 0 Å². The van der Waals surface area contributed by atoms with Crippen LogP contribution in [0.1, 0.15) is 25.7 Å². The van der Waals surface area contributed by atoms with E-state index >= 15 is 0 Å². The fourth-order valence-electron chi connectivity index (χ4n) is 1.20. The summed E-state index contributed by atoms with van der Waals surface area (Å²) in [5.74, 6) is 0. The zero-order valence-electron chi connectivity index (χ0n) is 5.45. The van der Waals surface area contributed by atoms with Crippen LogP contribution < -0.4 is 0 Å². The van der Waals surface area contributed by atoms with Crippen LogP contribution in [0.2, 0.25) is 0 Å². The molecule has 0 nitrogen and oxygen atoms in total. The van der Waals surface area contributed by atoms with Gasteiger partial charge in [-0.1, -0.05) is 0 Å². The Morgan fingerprint density at radius 1 is 1.10 bits per heavy atom. The third-order valence-corrected chi connectivity index (χ3v) is 13.2. The van der Waals surface area contributed by atoms with E-state index in [1.54, 1.807) is 8.95 Å². The van der Waals surface area contributed by atoms with Crippen molar-refractivity contribution in [3.8, 4) is 0 Å². The maximum absolute atomic E-state index is 5.82. The molecule has 0 radical (unpaired) electrons. The molecule has 0 amide bonds. The van der Waals surface area contributed by atoms with Crippen molar-refractivity contribution < 1.29 is 0 Å². The normalized spacial score (nSPS) is 21.9. The van der Waals surface area contributed by atoms with E-state index in [2.05, 4.69) is 0 Å². The van der Waals surface area contributed by atoms with Crippen LogP contribution in [0.15, 0.2) is 0 Å². The number of rotatable bonds is 2. The van der Waals surface area contributed by atoms with Crippen LogP contribution in [0, 0.1) is 0 Å². The standard InChI is InChI=1S/C5H10S.3ClH.Sn/c6-5-3-1-2-4-5;;;;/h5-6H,1-4H2;3*1H;/q;;;;+4/p-4. The van der Waals surface area contributed by atoms with Crippen molar-refractivity contribution in [3.05, 3.63) is 0 Å². The number of hydrogen-bond donors (Lipinski definition) is 0. The molecule has 0 aromatic carbocycles. The van der Waals surface area contributed by atoms with Crippen LogP contribution in [-0.4, -0.2) is 18.9 Å². The SMILES string of the molecule is [Cl][Sn]([Cl])([Cl])[S]C1CCCC1. The molecular weight excluding hydrogens is 317 g/mol. The van der Waals surface area contributed by atoms with E-state index in [-0.39, 0.29) is 0 Å².